The fourth-order valence-corrected chi connectivity index (χ4v) is 2.06. The van der Waals surface area contributed by atoms with Crippen LogP contribution in [0.5, 0.6) is 11.5 Å². The second kappa shape index (κ2) is 7.46. The maximum Gasteiger partial charge on any atom is 0.397 e. The molecule has 0 bridgehead atoms. The van der Waals surface area contributed by atoms with Crippen LogP contribution in [0.15, 0.2) is 42.6 Å². The molecule has 0 N–H and O–H groups in total. The first-order valence-corrected chi connectivity index (χ1v) is 7.57. The number of benzene rings is 1. The lowest BCUT2D eigenvalue weighted by Crippen LogP contribution is -2.27. The summed E-state index contributed by atoms with van der Waals surface area (Å²) in [5.74, 6) is 0.0204. The molecular weight excluding hydrogens is 318 g/mol. The van der Waals surface area contributed by atoms with Crippen molar-refractivity contribution in [2.75, 3.05) is 0 Å². The number of pyridine rings is 1. The van der Waals surface area contributed by atoms with Gasteiger partial charge in [0.1, 0.15) is 28.7 Å². The minimum Gasteiger partial charge on any atom is -0.456 e. The summed E-state index contributed by atoms with van der Waals surface area (Å²) in [6, 6.07) is 11.1. The van der Waals surface area contributed by atoms with Gasteiger partial charge in [0.15, 0.2) is 5.69 Å². The number of esters is 1. The van der Waals surface area contributed by atoms with E-state index >= 15 is 0 Å². The molecule has 2 aromatic rings. The van der Waals surface area contributed by atoms with E-state index in [4.69, 9.17) is 16.0 Å². The summed E-state index contributed by atoms with van der Waals surface area (Å²) >= 11 is 0. The van der Waals surface area contributed by atoms with Crippen LogP contribution in [-0.2, 0) is 9.53 Å². The molecule has 0 aliphatic rings. The van der Waals surface area contributed by atoms with Crippen LogP contribution in [0.1, 0.15) is 38.1 Å². The van der Waals surface area contributed by atoms with Crippen molar-refractivity contribution < 1.29 is 14.3 Å². The summed E-state index contributed by atoms with van der Waals surface area (Å²) in [7, 11) is 0. The molecule has 0 saturated heterocycles. The maximum absolute atomic E-state index is 12.3. The molecule has 1 aromatic heterocycles. The van der Waals surface area contributed by atoms with Gasteiger partial charge in [-0.05, 0) is 32.9 Å². The van der Waals surface area contributed by atoms with Gasteiger partial charge in [0.2, 0.25) is 0 Å². The lowest BCUT2D eigenvalue weighted by Gasteiger charge is -2.20. The SMILES string of the molecule is [C-]#[N+]C(C(=O)OC(C)(C)C)c1nccc(Oc2ccccc2)c1C#N. The number of rotatable bonds is 4. The first-order valence-electron chi connectivity index (χ1n) is 7.57. The highest BCUT2D eigenvalue weighted by Gasteiger charge is 2.36. The molecule has 6 heteroatoms. The number of nitrogens with zero attached hydrogens (tertiary/aromatic N) is 3. The number of ether oxygens (including phenoxy) is 2. The van der Waals surface area contributed by atoms with Crippen molar-refractivity contribution in [3.63, 3.8) is 0 Å². The average Bonchev–Trinajstić information content (AvgIpc) is 2.55. The van der Waals surface area contributed by atoms with Gasteiger partial charge in [-0.3, -0.25) is 9.83 Å². The molecular formula is C19H17N3O3. The Hall–Kier alpha value is -3.38. The standard InChI is InChI=1S/C19H17N3O3/c1-19(2,3)25-18(23)17(21-4)16-14(12-20)15(10-11-22-16)24-13-8-6-5-7-9-13/h5-11,17H,1-3H3. The van der Waals surface area contributed by atoms with E-state index in [1.165, 1.54) is 12.3 Å². The van der Waals surface area contributed by atoms with Gasteiger partial charge < -0.3 is 9.47 Å². The van der Waals surface area contributed by atoms with Gasteiger partial charge in [-0.2, -0.15) is 5.26 Å². The summed E-state index contributed by atoms with van der Waals surface area (Å²) in [5.41, 5.74) is -0.677. The zero-order chi connectivity index (χ0) is 18.4. The normalized spacial score (nSPS) is 11.7. The van der Waals surface area contributed by atoms with Gasteiger partial charge in [0, 0.05) is 12.3 Å². The van der Waals surface area contributed by atoms with E-state index in [1.807, 2.05) is 12.1 Å². The molecule has 0 aliphatic carbocycles. The number of carbonyl (C=O) groups excluding carboxylic acids is 1. The van der Waals surface area contributed by atoms with E-state index in [0.717, 1.165) is 0 Å². The largest absolute Gasteiger partial charge is 0.456 e. The number of para-hydroxylation sites is 1. The zero-order valence-corrected chi connectivity index (χ0v) is 14.2. The number of hydrogen-bond donors (Lipinski definition) is 0. The Bertz CT molecular complexity index is 843. The number of carbonyl (C=O) groups is 1. The molecule has 0 aliphatic heterocycles. The fourth-order valence-electron chi connectivity index (χ4n) is 2.06. The summed E-state index contributed by atoms with van der Waals surface area (Å²) < 4.78 is 11.0. The molecule has 1 aromatic carbocycles. The molecule has 2 rings (SSSR count). The second-order valence-corrected chi connectivity index (χ2v) is 6.16. The predicted molar refractivity (Wildman–Crippen MR) is 90.7 cm³/mol. The molecule has 6 nitrogen and oxygen atoms in total. The molecule has 0 amide bonds. The maximum atomic E-state index is 12.3. The molecule has 1 heterocycles. The van der Waals surface area contributed by atoms with Crippen molar-refractivity contribution in [3.05, 3.63) is 65.3 Å². The van der Waals surface area contributed by atoms with Gasteiger partial charge in [0.25, 0.3) is 0 Å². The van der Waals surface area contributed by atoms with Gasteiger partial charge >= 0.3 is 12.0 Å². The topological polar surface area (TPSA) is 76.6 Å². The minimum absolute atomic E-state index is 0.0279. The third-order valence-corrected chi connectivity index (χ3v) is 3.04. The van der Waals surface area contributed by atoms with Crippen molar-refractivity contribution in [2.45, 2.75) is 32.4 Å². The van der Waals surface area contributed by atoms with Crippen LogP contribution >= 0.6 is 0 Å². The van der Waals surface area contributed by atoms with Gasteiger partial charge in [-0.1, -0.05) is 18.2 Å². The first kappa shape index (κ1) is 18.0. The van der Waals surface area contributed by atoms with Crippen molar-refractivity contribution in [1.29, 1.82) is 5.26 Å². The van der Waals surface area contributed by atoms with Crippen LogP contribution in [0.25, 0.3) is 4.85 Å². The smallest absolute Gasteiger partial charge is 0.397 e. The molecule has 0 radical (unpaired) electrons. The number of aromatic nitrogens is 1. The van der Waals surface area contributed by atoms with E-state index in [0.29, 0.717) is 5.75 Å². The molecule has 0 fully saturated rings. The lowest BCUT2D eigenvalue weighted by atomic mass is 10.1. The van der Waals surface area contributed by atoms with Crippen LogP contribution in [0.2, 0.25) is 0 Å². The second-order valence-electron chi connectivity index (χ2n) is 6.16. The van der Waals surface area contributed by atoms with Crippen LogP contribution < -0.4 is 4.74 Å². The Balaban J connectivity index is 2.41. The Morgan fingerprint density at radius 2 is 1.96 bits per heavy atom. The number of nitriles is 1. The van der Waals surface area contributed by atoms with Gasteiger partial charge in [-0.15, -0.1) is 0 Å². The lowest BCUT2D eigenvalue weighted by molar-refractivity contribution is -0.155. The summed E-state index contributed by atoms with van der Waals surface area (Å²) in [6.45, 7) is 12.5. The van der Waals surface area contributed by atoms with Gasteiger partial charge in [0.05, 0.1) is 0 Å². The van der Waals surface area contributed by atoms with E-state index in [2.05, 4.69) is 9.83 Å². The van der Waals surface area contributed by atoms with E-state index in [1.54, 1.807) is 45.0 Å². The summed E-state index contributed by atoms with van der Waals surface area (Å²) in [4.78, 5) is 19.7. The Kier molecular flexibility index (Phi) is 5.36. The Morgan fingerprint density at radius 3 is 2.52 bits per heavy atom. The van der Waals surface area contributed by atoms with Crippen molar-refractivity contribution in [2.24, 2.45) is 0 Å². The van der Waals surface area contributed by atoms with Crippen LogP contribution in [0.3, 0.4) is 0 Å². The third-order valence-electron chi connectivity index (χ3n) is 3.04. The van der Waals surface area contributed by atoms with Gasteiger partial charge in [-0.25, -0.2) is 11.4 Å². The summed E-state index contributed by atoms with van der Waals surface area (Å²) in [5, 5.41) is 9.51. The molecule has 126 valence electrons. The molecule has 1 unspecified atom stereocenters. The van der Waals surface area contributed by atoms with Crippen molar-refractivity contribution in [3.8, 4) is 17.6 Å². The van der Waals surface area contributed by atoms with E-state index in [-0.39, 0.29) is 17.0 Å². The predicted octanol–water partition coefficient (Wildman–Crippen LogP) is 4.05. The van der Waals surface area contributed by atoms with E-state index < -0.39 is 17.6 Å². The van der Waals surface area contributed by atoms with Crippen LogP contribution in [-0.4, -0.2) is 16.6 Å². The van der Waals surface area contributed by atoms with Crippen LogP contribution in [0.4, 0.5) is 0 Å². The van der Waals surface area contributed by atoms with Crippen LogP contribution in [0, 0.1) is 17.9 Å². The molecule has 0 spiro atoms. The zero-order valence-electron chi connectivity index (χ0n) is 14.2. The summed E-state index contributed by atoms with van der Waals surface area (Å²) in [6.07, 6.45) is 1.40. The first-order chi connectivity index (χ1) is 11.9. The molecule has 25 heavy (non-hydrogen) atoms. The Labute approximate surface area is 146 Å². The van der Waals surface area contributed by atoms with Crippen molar-refractivity contribution >= 4 is 5.97 Å². The quantitative estimate of drug-likeness (QED) is 0.622. The average molecular weight is 335 g/mol. The highest BCUT2D eigenvalue weighted by Crippen LogP contribution is 2.31. The van der Waals surface area contributed by atoms with Crippen molar-refractivity contribution in [1.82, 2.24) is 4.98 Å². The molecule has 1 atom stereocenters. The minimum atomic E-state index is -1.33. The Morgan fingerprint density at radius 1 is 1.28 bits per heavy atom. The van der Waals surface area contributed by atoms with E-state index in [9.17, 15) is 10.1 Å². The highest BCUT2D eigenvalue weighted by molar-refractivity contribution is 5.80. The third kappa shape index (κ3) is 4.55. The monoisotopic (exact) mass is 335 g/mol. The molecule has 0 saturated carbocycles. The highest BCUT2D eigenvalue weighted by atomic mass is 16.6. The fraction of sp³-hybridized carbons (Fsp3) is 0.263. The number of hydrogen-bond acceptors (Lipinski definition) is 5.